The van der Waals surface area contributed by atoms with Crippen LogP contribution in [0.2, 0.25) is 0 Å². The molecule has 0 saturated carbocycles. The number of carboxylic acid groups (broad SMARTS) is 1. The number of aromatic carboxylic acids is 1. The van der Waals surface area contributed by atoms with E-state index in [-0.39, 0.29) is 17.2 Å². The maximum absolute atomic E-state index is 12.8. The van der Waals surface area contributed by atoms with E-state index in [9.17, 15) is 14.7 Å². The highest BCUT2D eigenvalue weighted by molar-refractivity contribution is 6.06. The Hall–Kier alpha value is -4.32. The number of nitrogens with zero attached hydrogens (tertiary/aromatic N) is 3. The van der Waals surface area contributed by atoms with Gasteiger partial charge in [-0.1, -0.05) is 85.8 Å². The number of carbonyl (C=O) groups excluding carboxylic acids is 1. The zero-order valence-corrected chi connectivity index (χ0v) is 18.2. The van der Waals surface area contributed by atoms with Crippen molar-refractivity contribution in [1.29, 1.82) is 0 Å². The first-order valence-electron chi connectivity index (χ1n) is 10.7. The van der Waals surface area contributed by atoms with Gasteiger partial charge in [0.25, 0.3) is 0 Å². The maximum atomic E-state index is 12.8. The molecule has 4 rings (SSSR count). The van der Waals surface area contributed by atoms with Crippen molar-refractivity contribution in [3.63, 3.8) is 0 Å². The smallest absolute Gasteiger partial charge is 0.336 e. The fraction of sp³-hybridized carbons (Fsp3) is 0.111. The Bertz CT molecular complexity index is 1310. The van der Waals surface area contributed by atoms with Crippen molar-refractivity contribution in [3.8, 4) is 11.1 Å². The van der Waals surface area contributed by atoms with E-state index in [1.807, 2.05) is 67.6 Å². The molecule has 6 nitrogen and oxygen atoms in total. The average Bonchev–Trinajstić information content (AvgIpc) is 3.25. The van der Waals surface area contributed by atoms with Gasteiger partial charge in [-0.3, -0.25) is 4.79 Å². The molecule has 0 radical (unpaired) electrons. The Balaban J connectivity index is 1.62. The average molecular weight is 437 g/mol. The highest BCUT2D eigenvalue weighted by Gasteiger charge is 2.17. The molecule has 1 heterocycles. The third kappa shape index (κ3) is 4.96. The predicted molar refractivity (Wildman–Crippen MR) is 127 cm³/mol. The van der Waals surface area contributed by atoms with E-state index in [2.05, 4.69) is 10.1 Å². The molecule has 4 aromatic rings. The molecule has 33 heavy (non-hydrogen) atoms. The summed E-state index contributed by atoms with van der Waals surface area (Å²) in [6.45, 7) is 2.46. The number of carboxylic acids is 1. The van der Waals surface area contributed by atoms with Gasteiger partial charge in [-0.25, -0.2) is 14.5 Å². The second-order valence-electron chi connectivity index (χ2n) is 7.50. The largest absolute Gasteiger partial charge is 0.478 e. The third-order valence-corrected chi connectivity index (χ3v) is 5.20. The van der Waals surface area contributed by atoms with Crippen LogP contribution in [0.25, 0.3) is 17.2 Å². The molecule has 0 saturated heterocycles. The lowest BCUT2D eigenvalue weighted by Gasteiger charge is -2.08. The lowest BCUT2D eigenvalue weighted by Crippen LogP contribution is -2.07. The maximum Gasteiger partial charge on any atom is 0.336 e. The second kappa shape index (κ2) is 9.87. The van der Waals surface area contributed by atoms with Gasteiger partial charge in [0.1, 0.15) is 0 Å². The van der Waals surface area contributed by atoms with E-state index in [1.54, 1.807) is 35.0 Å². The van der Waals surface area contributed by atoms with Crippen molar-refractivity contribution in [3.05, 3.63) is 113 Å². The van der Waals surface area contributed by atoms with Crippen LogP contribution < -0.4 is 0 Å². The molecule has 3 aromatic carbocycles. The highest BCUT2D eigenvalue weighted by Crippen LogP contribution is 2.24. The Morgan fingerprint density at radius 3 is 2.33 bits per heavy atom. The number of aromatic nitrogens is 3. The van der Waals surface area contributed by atoms with E-state index < -0.39 is 5.97 Å². The van der Waals surface area contributed by atoms with Crippen LogP contribution in [0.3, 0.4) is 0 Å². The van der Waals surface area contributed by atoms with Crippen LogP contribution in [-0.2, 0) is 6.54 Å². The zero-order chi connectivity index (χ0) is 23.2. The number of allylic oxidation sites excluding steroid dienone is 1. The van der Waals surface area contributed by atoms with Crippen LogP contribution >= 0.6 is 0 Å². The van der Waals surface area contributed by atoms with Gasteiger partial charge in [-0.2, -0.15) is 0 Å². The van der Waals surface area contributed by atoms with Gasteiger partial charge in [-0.15, -0.1) is 5.10 Å². The van der Waals surface area contributed by atoms with Crippen LogP contribution in [-0.4, -0.2) is 31.6 Å². The Kier molecular flexibility index (Phi) is 6.55. The Morgan fingerprint density at radius 2 is 1.64 bits per heavy atom. The van der Waals surface area contributed by atoms with Gasteiger partial charge < -0.3 is 5.11 Å². The lowest BCUT2D eigenvalue weighted by molar-refractivity contribution is 0.0697. The number of hydrogen-bond acceptors (Lipinski definition) is 4. The summed E-state index contributed by atoms with van der Waals surface area (Å²) in [6.07, 6.45) is 4.68. The Morgan fingerprint density at radius 1 is 0.939 bits per heavy atom. The van der Waals surface area contributed by atoms with E-state index in [1.165, 1.54) is 0 Å². The summed E-state index contributed by atoms with van der Waals surface area (Å²) in [5, 5.41) is 13.9. The standard InChI is InChI=1S/C27H23N3O3/c1-2-3-13-24-28-26(25(31)21-9-5-4-6-10-21)29-30(24)18-19-14-16-20(17-15-19)22-11-7-8-12-23(22)27(32)33/h3-17H,2,18H2,1H3,(H,32,33)/b13-3+. The number of ketones is 1. The molecule has 0 aliphatic rings. The number of benzene rings is 3. The first kappa shape index (κ1) is 21.9. The zero-order valence-electron chi connectivity index (χ0n) is 18.2. The molecular weight excluding hydrogens is 414 g/mol. The molecule has 164 valence electrons. The third-order valence-electron chi connectivity index (χ3n) is 5.20. The van der Waals surface area contributed by atoms with Crippen LogP contribution in [0.4, 0.5) is 0 Å². The van der Waals surface area contributed by atoms with Crippen molar-refractivity contribution < 1.29 is 14.7 Å². The minimum absolute atomic E-state index is 0.156. The first-order valence-corrected chi connectivity index (χ1v) is 10.7. The topological polar surface area (TPSA) is 85.1 Å². The first-order chi connectivity index (χ1) is 16.1. The summed E-state index contributed by atoms with van der Waals surface area (Å²) >= 11 is 0. The van der Waals surface area contributed by atoms with Crippen molar-refractivity contribution >= 4 is 17.8 Å². The molecular formula is C27H23N3O3. The molecule has 1 N–H and O–H groups in total. The van der Waals surface area contributed by atoms with Crippen LogP contribution in [0.15, 0.2) is 84.9 Å². The van der Waals surface area contributed by atoms with Crippen molar-refractivity contribution in [1.82, 2.24) is 14.8 Å². The molecule has 0 amide bonds. The lowest BCUT2D eigenvalue weighted by atomic mass is 9.99. The molecule has 6 heteroatoms. The quantitative estimate of drug-likeness (QED) is 0.376. The number of hydrogen-bond donors (Lipinski definition) is 1. The summed E-state index contributed by atoms with van der Waals surface area (Å²) in [7, 11) is 0. The number of rotatable bonds is 8. The minimum atomic E-state index is -0.958. The normalized spacial score (nSPS) is 11.1. The van der Waals surface area contributed by atoms with Crippen LogP contribution in [0, 0.1) is 0 Å². The summed E-state index contributed by atoms with van der Waals surface area (Å²) in [6, 6.07) is 23.6. The minimum Gasteiger partial charge on any atom is -0.478 e. The van der Waals surface area contributed by atoms with Crippen molar-refractivity contribution in [2.24, 2.45) is 0 Å². The van der Waals surface area contributed by atoms with Crippen LogP contribution in [0.1, 0.15) is 51.3 Å². The monoisotopic (exact) mass is 437 g/mol. The van der Waals surface area contributed by atoms with Crippen molar-refractivity contribution in [2.45, 2.75) is 19.9 Å². The van der Waals surface area contributed by atoms with E-state index in [0.717, 1.165) is 17.5 Å². The fourth-order valence-electron chi connectivity index (χ4n) is 3.52. The van der Waals surface area contributed by atoms with Gasteiger partial charge >= 0.3 is 5.97 Å². The van der Waals surface area contributed by atoms with E-state index >= 15 is 0 Å². The van der Waals surface area contributed by atoms with Gasteiger partial charge in [0.15, 0.2) is 5.82 Å². The summed E-state index contributed by atoms with van der Waals surface area (Å²) in [4.78, 5) is 28.8. The summed E-state index contributed by atoms with van der Waals surface area (Å²) in [5.74, 6) is -0.415. The Labute approximate surface area is 191 Å². The molecule has 0 bridgehead atoms. The molecule has 0 aliphatic heterocycles. The summed E-state index contributed by atoms with van der Waals surface area (Å²) in [5.41, 5.74) is 3.25. The molecule has 0 aliphatic carbocycles. The second-order valence-corrected chi connectivity index (χ2v) is 7.50. The van der Waals surface area contributed by atoms with Gasteiger partial charge in [0.2, 0.25) is 11.6 Å². The van der Waals surface area contributed by atoms with Gasteiger partial charge in [-0.05, 0) is 35.3 Å². The molecule has 0 spiro atoms. The van der Waals surface area contributed by atoms with Gasteiger partial charge in [0, 0.05) is 5.56 Å². The van der Waals surface area contributed by atoms with E-state index in [4.69, 9.17) is 0 Å². The van der Waals surface area contributed by atoms with E-state index in [0.29, 0.717) is 23.5 Å². The molecule has 0 atom stereocenters. The number of carbonyl (C=O) groups is 2. The van der Waals surface area contributed by atoms with Gasteiger partial charge in [0.05, 0.1) is 12.1 Å². The van der Waals surface area contributed by atoms with Crippen molar-refractivity contribution in [2.75, 3.05) is 0 Å². The molecule has 0 unspecified atom stereocenters. The molecule has 0 fully saturated rings. The van der Waals surface area contributed by atoms with Crippen LogP contribution in [0.5, 0.6) is 0 Å². The summed E-state index contributed by atoms with van der Waals surface area (Å²) < 4.78 is 1.71. The highest BCUT2D eigenvalue weighted by atomic mass is 16.4. The predicted octanol–water partition coefficient (Wildman–Crippen LogP) is 5.35. The fourth-order valence-corrected chi connectivity index (χ4v) is 3.52. The SMILES string of the molecule is CC/C=C/c1nc(C(=O)c2ccccc2)nn1Cc1ccc(-c2ccccc2C(=O)O)cc1. The molecule has 1 aromatic heterocycles.